The highest BCUT2D eigenvalue weighted by atomic mass is 16.7. The third kappa shape index (κ3) is 1.58. The largest absolute Gasteiger partial charge is 0.508 e. The molecule has 58 valence electrons. The average Bonchev–Trinajstić information content (AvgIpc) is 1.88. The van der Waals surface area contributed by atoms with Crippen LogP contribution in [0.2, 0.25) is 0 Å². The number of rotatable bonds is 1. The van der Waals surface area contributed by atoms with Gasteiger partial charge < -0.3 is 19.7 Å². The van der Waals surface area contributed by atoms with Crippen LogP contribution in [0.5, 0.6) is 0 Å². The van der Waals surface area contributed by atoms with Gasteiger partial charge in [0.15, 0.2) is 6.29 Å². The van der Waals surface area contributed by atoms with Crippen LogP contribution in [-0.4, -0.2) is 35.9 Å². The van der Waals surface area contributed by atoms with E-state index in [9.17, 15) is 4.79 Å². The number of aliphatic hydroxyl groups excluding tert-OH is 1. The van der Waals surface area contributed by atoms with E-state index in [1.807, 2.05) is 0 Å². The van der Waals surface area contributed by atoms with Gasteiger partial charge in [-0.3, -0.25) is 0 Å². The van der Waals surface area contributed by atoms with Crippen LogP contribution in [0, 0.1) is 5.92 Å². The second-order valence-corrected chi connectivity index (χ2v) is 2.05. The second-order valence-electron chi connectivity index (χ2n) is 2.05. The average molecular weight is 148 g/mol. The smallest absolute Gasteiger partial charge is 0.434 e. The number of cyclic esters (lactones) is 2. The van der Waals surface area contributed by atoms with Crippen LogP contribution in [0.25, 0.3) is 0 Å². The number of aliphatic hydroxyl groups is 2. The van der Waals surface area contributed by atoms with Crippen LogP contribution in [0.15, 0.2) is 0 Å². The Morgan fingerprint density at radius 3 is 2.30 bits per heavy atom. The summed E-state index contributed by atoms with van der Waals surface area (Å²) in [4.78, 5) is 10.2. The number of hydrogen-bond donors (Lipinski definition) is 2. The lowest BCUT2D eigenvalue weighted by Crippen LogP contribution is -2.35. The first-order valence-corrected chi connectivity index (χ1v) is 2.86. The summed E-state index contributed by atoms with van der Waals surface area (Å²) in [6.07, 6.45) is -2.23. The monoisotopic (exact) mass is 148 g/mol. The molecular formula is C5H8O5. The minimum absolute atomic E-state index is 0.0104. The molecule has 0 aromatic rings. The van der Waals surface area contributed by atoms with Gasteiger partial charge >= 0.3 is 6.16 Å². The third-order valence-electron chi connectivity index (χ3n) is 1.25. The maximum absolute atomic E-state index is 10.2. The van der Waals surface area contributed by atoms with Crippen molar-refractivity contribution in [3.05, 3.63) is 0 Å². The molecule has 0 aromatic heterocycles. The molecule has 0 aromatic carbocycles. The molecule has 0 amide bonds. The standard InChI is InChI=1S/C5H8O5/c6-4(7)3-1-9-5(8)10-2-3/h3-4,6-7H,1-2H2. The van der Waals surface area contributed by atoms with Crippen molar-refractivity contribution in [3.63, 3.8) is 0 Å². The van der Waals surface area contributed by atoms with Crippen LogP contribution >= 0.6 is 0 Å². The molecule has 1 rings (SSSR count). The molecule has 5 heteroatoms. The number of carbonyl (C=O) groups excluding carboxylic acids is 1. The first-order valence-electron chi connectivity index (χ1n) is 2.86. The van der Waals surface area contributed by atoms with E-state index in [1.165, 1.54) is 0 Å². The van der Waals surface area contributed by atoms with Gasteiger partial charge in [-0.05, 0) is 0 Å². The van der Waals surface area contributed by atoms with Crippen molar-refractivity contribution in [1.82, 2.24) is 0 Å². The number of hydrogen-bond acceptors (Lipinski definition) is 5. The highest BCUT2D eigenvalue weighted by molar-refractivity contribution is 5.60. The van der Waals surface area contributed by atoms with E-state index < -0.39 is 18.4 Å². The van der Waals surface area contributed by atoms with Crippen LogP contribution in [0.3, 0.4) is 0 Å². The quantitative estimate of drug-likeness (QED) is 0.371. The van der Waals surface area contributed by atoms with Gasteiger partial charge in [-0.2, -0.15) is 0 Å². The molecule has 1 heterocycles. The van der Waals surface area contributed by atoms with Gasteiger partial charge in [-0.1, -0.05) is 0 Å². The summed E-state index contributed by atoms with van der Waals surface area (Å²) in [5, 5.41) is 17.1. The molecule has 0 atom stereocenters. The summed E-state index contributed by atoms with van der Waals surface area (Å²) in [5.41, 5.74) is 0. The minimum Gasteiger partial charge on any atom is -0.434 e. The fourth-order valence-electron chi connectivity index (χ4n) is 0.612. The van der Waals surface area contributed by atoms with Crippen molar-refractivity contribution in [2.24, 2.45) is 5.92 Å². The van der Waals surface area contributed by atoms with E-state index >= 15 is 0 Å². The molecule has 10 heavy (non-hydrogen) atoms. The predicted octanol–water partition coefficient (Wildman–Crippen LogP) is -0.920. The van der Waals surface area contributed by atoms with E-state index in [0.717, 1.165) is 0 Å². The van der Waals surface area contributed by atoms with Gasteiger partial charge in [-0.25, -0.2) is 4.79 Å². The highest BCUT2D eigenvalue weighted by Crippen LogP contribution is 2.09. The first-order chi connectivity index (χ1) is 4.70. The first kappa shape index (κ1) is 7.30. The normalized spacial score (nSPS) is 20.5. The maximum atomic E-state index is 10.2. The molecule has 1 fully saturated rings. The third-order valence-corrected chi connectivity index (χ3v) is 1.25. The van der Waals surface area contributed by atoms with Crippen molar-refractivity contribution >= 4 is 6.16 Å². The summed E-state index contributed by atoms with van der Waals surface area (Å²) in [7, 11) is 0. The summed E-state index contributed by atoms with van der Waals surface area (Å²) in [5.74, 6) is -0.516. The molecule has 0 aliphatic carbocycles. The fraction of sp³-hybridized carbons (Fsp3) is 0.800. The van der Waals surface area contributed by atoms with E-state index in [0.29, 0.717) is 0 Å². The summed E-state index contributed by atoms with van der Waals surface area (Å²) in [6.45, 7) is 0.0208. The van der Waals surface area contributed by atoms with Crippen molar-refractivity contribution in [1.29, 1.82) is 0 Å². The Balaban J connectivity index is 2.33. The van der Waals surface area contributed by atoms with Gasteiger partial charge in [0.05, 0.1) is 5.92 Å². The molecule has 0 unspecified atom stereocenters. The Labute approximate surface area is 57.2 Å². The molecule has 1 aliphatic rings. The SMILES string of the molecule is O=C1OCC(C(O)O)CO1. The van der Waals surface area contributed by atoms with Gasteiger partial charge in [-0.15, -0.1) is 0 Å². The summed E-state index contributed by atoms with van der Waals surface area (Å²) < 4.78 is 8.74. The van der Waals surface area contributed by atoms with E-state index in [-0.39, 0.29) is 13.2 Å². The highest BCUT2D eigenvalue weighted by Gasteiger charge is 2.25. The molecule has 1 saturated heterocycles. The molecule has 0 saturated carbocycles. The molecule has 5 nitrogen and oxygen atoms in total. The van der Waals surface area contributed by atoms with Crippen LogP contribution < -0.4 is 0 Å². The van der Waals surface area contributed by atoms with Crippen molar-refractivity contribution < 1.29 is 24.5 Å². The summed E-state index contributed by atoms with van der Waals surface area (Å²) in [6, 6.07) is 0. The second kappa shape index (κ2) is 2.85. The van der Waals surface area contributed by atoms with E-state index in [2.05, 4.69) is 9.47 Å². The fourth-order valence-corrected chi connectivity index (χ4v) is 0.612. The molecule has 0 radical (unpaired) electrons. The lowest BCUT2D eigenvalue weighted by Gasteiger charge is -2.22. The van der Waals surface area contributed by atoms with Crippen molar-refractivity contribution in [2.45, 2.75) is 6.29 Å². The zero-order chi connectivity index (χ0) is 7.56. The van der Waals surface area contributed by atoms with Crippen LogP contribution in [0.4, 0.5) is 4.79 Å². The molecule has 0 bridgehead atoms. The maximum Gasteiger partial charge on any atom is 0.508 e. The Morgan fingerprint density at radius 1 is 1.40 bits per heavy atom. The molecule has 1 aliphatic heterocycles. The van der Waals surface area contributed by atoms with Crippen LogP contribution in [-0.2, 0) is 9.47 Å². The van der Waals surface area contributed by atoms with Gasteiger partial charge in [0.2, 0.25) is 0 Å². The van der Waals surface area contributed by atoms with Gasteiger partial charge in [0.1, 0.15) is 13.2 Å². The zero-order valence-electron chi connectivity index (χ0n) is 5.19. The summed E-state index contributed by atoms with van der Waals surface area (Å²) >= 11 is 0. The predicted molar refractivity (Wildman–Crippen MR) is 29.0 cm³/mol. The van der Waals surface area contributed by atoms with E-state index in [1.54, 1.807) is 0 Å². The number of carbonyl (C=O) groups is 1. The van der Waals surface area contributed by atoms with Gasteiger partial charge in [0.25, 0.3) is 0 Å². The minimum atomic E-state index is -1.48. The topological polar surface area (TPSA) is 76.0 Å². The Hall–Kier alpha value is -0.810. The van der Waals surface area contributed by atoms with Gasteiger partial charge in [0, 0.05) is 0 Å². The van der Waals surface area contributed by atoms with Crippen LogP contribution in [0.1, 0.15) is 0 Å². The van der Waals surface area contributed by atoms with Crippen molar-refractivity contribution in [2.75, 3.05) is 13.2 Å². The molecule has 0 spiro atoms. The zero-order valence-corrected chi connectivity index (χ0v) is 5.19. The Morgan fingerprint density at radius 2 is 1.90 bits per heavy atom. The lowest BCUT2D eigenvalue weighted by atomic mass is 10.1. The van der Waals surface area contributed by atoms with E-state index in [4.69, 9.17) is 10.2 Å². The molecular weight excluding hydrogens is 140 g/mol. The number of ether oxygens (including phenoxy) is 2. The Kier molecular flexibility index (Phi) is 2.08. The lowest BCUT2D eigenvalue weighted by molar-refractivity contribution is -0.135. The van der Waals surface area contributed by atoms with Crippen molar-refractivity contribution in [3.8, 4) is 0 Å². The Bertz CT molecular complexity index is 122. The molecule has 2 N–H and O–H groups in total.